The fraction of sp³-hybridized carbons (Fsp3) is 0.667. The van der Waals surface area contributed by atoms with Gasteiger partial charge in [-0.1, -0.05) is 17.8 Å². The lowest BCUT2D eigenvalue weighted by molar-refractivity contribution is -0.120. The van der Waals surface area contributed by atoms with Crippen molar-refractivity contribution in [1.82, 2.24) is 20.1 Å². The van der Waals surface area contributed by atoms with Gasteiger partial charge in [-0.15, -0.1) is 21.5 Å². The molecule has 7 heteroatoms. The number of nitrogens with zero attached hydrogens (tertiary/aromatic N) is 3. The number of rotatable bonds is 7. The van der Waals surface area contributed by atoms with Gasteiger partial charge >= 0.3 is 0 Å². The molecule has 4 aliphatic rings. The van der Waals surface area contributed by atoms with Gasteiger partial charge in [-0.25, -0.2) is 0 Å². The van der Waals surface area contributed by atoms with E-state index in [0.29, 0.717) is 11.2 Å². The summed E-state index contributed by atoms with van der Waals surface area (Å²) in [5.41, 5.74) is 0.394. The maximum Gasteiger partial charge on any atom is 0.230 e. The molecule has 6 rings (SSSR count). The minimum absolute atomic E-state index is 0.129. The van der Waals surface area contributed by atoms with Gasteiger partial charge in [0.15, 0.2) is 11.0 Å². The zero-order chi connectivity index (χ0) is 19.1. The first-order chi connectivity index (χ1) is 13.6. The molecule has 0 atom stereocenters. The Kier molecular flexibility index (Phi) is 4.99. The summed E-state index contributed by atoms with van der Waals surface area (Å²) in [6.45, 7) is 3.77. The van der Waals surface area contributed by atoms with Crippen molar-refractivity contribution in [3.63, 3.8) is 0 Å². The monoisotopic (exact) mass is 416 g/mol. The lowest BCUT2D eigenvalue weighted by Gasteiger charge is -2.56. The molecule has 0 radical (unpaired) electrons. The third-order valence-corrected chi connectivity index (χ3v) is 8.77. The van der Waals surface area contributed by atoms with E-state index in [1.165, 1.54) is 50.3 Å². The van der Waals surface area contributed by atoms with E-state index in [2.05, 4.69) is 38.5 Å². The van der Waals surface area contributed by atoms with Crippen molar-refractivity contribution < 1.29 is 4.79 Å². The van der Waals surface area contributed by atoms with Gasteiger partial charge < -0.3 is 9.88 Å². The van der Waals surface area contributed by atoms with Crippen LogP contribution in [0.5, 0.6) is 0 Å². The van der Waals surface area contributed by atoms with Gasteiger partial charge in [0, 0.05) is 13.1 Å². The average Bonchev–Trinajstić information content (AvgIpc) is 3.32. The molecule has 0 aromatic carbocycles. The quantitative estimate of drug-likeness (QED) is 0.678. The second-order valence-corrected chi connectivity index (χ2v) is 10.9. The van der Waals surface area contributed by atoms with Gasteiger partial charge in [-0.05, 0) is 80.1 Å². The Morgan fingerprint density at radius 2 is 1.96 bits per heavy atom. The molecule has 1 N–H and O–H groups in total. The highest BCUT2D eigenvalue weighted by atomic mass is 32.2. The Morgan fingerprint density at radius 1 is 1.25 bits per heavy atom. The second-order valence-electron chi connectivity index (χ2n) is 9.01. The summed E-state index contributed by atoms with van der Waals surface area (Å²) in [5.74, 6) is 4.22. The van der Waals surface area contributed by atoms with Crippen LogP contribution in [0.25, 0.3) is 10.7 Å². The Labute approximate surface area is 174 Å². The molecule has 5 nitrogen and oxygen atoms in total. The fourth-order valence-corrected chi connectivity index (χ4v) is 7.79. The van der Waals surface area contributed by atoms with Crippen molar-refractivity contribution in [1.29, 1.82) is 0 Å². The van der Waals surface area contributed by atoms with Crippen molar-refractivity contribution in [2.75, 3.05) is 12.3 Å². The van der Waals surface area contributed by atoms with E-state index in [-0.39, 0.29) is 5.91 Å². The molecular weight excluding hydrogens is 388 g/mol. The summed E-state index contributed by atoms with van der Waals surface area (Å²) in [6.07, 6.45) is 8.34. The number of carbonyl (C=O) groups excluding carboxylic acids is 1. The van der Waals surface area contributed by atoms with Crippen LogP contribution in [0, 0.1) is 23.2 Å². The maximum absolute atomic E-state index is 12.6. The smallest absolute Gasteiger partial charge is 0.230 e. The zero-order valence-corrected chi connectivity index (χ0v) is 18.0. The summed E-state index contributed by atoms with van der Waals surface area (Å²) in [4.78, 5) is 13.7. The van der Waals surface area contributed by atoms with E-state index in [9.17, 15) is 4.79 Å². The van der Waals surface area contributed by atoms with E-state index in [4.69, 9.17) is 0 Å². The van der Waals surface area contributed by atoms with E-state index < -0.39 is 0 Å². The molecule has 4 aliphatic carbocycles. The second kappa shape index (κ2) is 7.48. The molecule has 2 aromatic heterocycles. The first-order valence-electron chi connectivity index (χ1n) is 10.5. The van der Waals surface area contributed by atoms with Crippen molar-refractivity contribution in [2.24, 2.45) is 23.2 Å². The van der Waals surface area contributed by atoms with E-state index in [0.717, 1.165) is 46.7 Å². The number of aromatic nitrogens is 3. The SMILES string of the molecule is CCn1c(SCC(=O)NCC23CC4CC(CC(C4)C2)C3)nnc1-c1cccs1. The van der Waals surface area contributed by atoms with Gasteiger partial charge in [0.2, 0.25) is 5.91 Å². The average molecular weight is 417 g/mol. The van der Waals surface area contributed by atoms with Crippen LogP contribution < -0.4 is 5.32 Å². The lowest BCUT2D eigenvalue weighted by Crippen LogP contribution is -2.51. The third kappa shape index (κ3) is 3.52. The van der Waals surface area contributed by atoms with Crippen molar-refractivity contribution in [2.45, 2.75) is 57.1 Å². The van der Waals surface area contributed by atoms with Gasteiger partial charge in [-0.3, -0.25) is 4.79 Å². The Morgan fingerprint density at radius 3 is 2.57 bits per heavy atom. The molecule has 2 aromatic rings. The van der Waals surface area contributed by atoms with E-state index in [1.807, 2.05) is 6.07 Å². The number of thiophene rings is 1. The summed E-state index contributed by atoms with van der Waals surface area (Å²) in [6, 6.07) is 4.09. The zero-order valence-electron chi connectivity index (χ0n) is 16.4. The highest BCUT2D eigenvalue weighted by molar-refractivity contribution is 7.99. The summed E-state index contributed by atoms with van der Waals surface area (Å²) >= 11 is 3.16. The van der Waals surface area contributed by atoms with Crippen LogP contribution in [0.2, 0.25) is 0 Å². The highest BCUT2D eigenvalue weighted by Crippen LogP contribution is 2.59. The Balaban J connectivity index is 1.17. The van der Waals surface area contributed by atoms with E-state index >= 15 is 0 Å². The molecule has 0 aliphatic heterocycles. The first kappa shape index (κ1) is 18.7. The molecule has 4 bridgehead atoms. The molecular formula is C21H28N4OS2. The minimum Gasteiger partial charge on any atom is -0.355 e. The van der Waals surface area contributed by atoms with Gasteiger partial charge in [0.1, 0.15) is 0 Å². The predicted molar refractivity (Wildman–Crippen MR) is 113 cm³/mol. The number of thioether (sulfide) groups is 1. The summed E-state index contributed by atoms with van der Waals surface area (Å²) in [5, 5.41) is 14.8. The molecule has 4 fully saturated rings. The van der Waals surface area contributed by atoms with Crippen LogP contribution in [-0.2, 0) is 11.3 Å². The van der Waals surface area contributed by atoms with Crippen molar-refractivity contribution >= 4 is 29.0 Å². The standard InChI is InChI=1S/C21H28N4OS2/c1-2-25-19(17-4-3-5-27-17)23-24-20(25)28-12-18(26)22-13-21-9-14-6-15(10-21)8-16(7-14)11-21/h3-5,14-16H,2,6-13H2,1H3,(H,22,26). The summed E-state index contributed by atoms with van der Waals surface area (Å²) in [7, 11) is 0. The molecule has 0 saturated heterocycles. The molecule has 1 amide bonds. The van der Waals surface area contributed by atoms with Crippen LogP contribution in [0.3, 0.4) is 0 Å². The van der Waals surface area contributed by atoms with Crippen LogP contribution >= 0.6 is 23.1 Å². The first-order valence-corrected chi connectivity index (χ1v) is 12.4. The Hall–Kier alpha value is -1.34. The summed E-state index contributed by atoms with van der Waals surface area (Å²) < 4.78 is 2.10. The molecule has 150 valence electrons. The number of carbonyl (C=O) groups is 1. The third-order valence-electron chi connectivity index (χ3n) is 6.93. The Bertz CT molecular complexity index is 809. The minimum atomic E-state index is 0.129. The van der Waals surface area contributed by atoms with Crippen molar-refractivity contribution in [3.05, 3.63) is 17.5 Å². The van der Waals surface area contributed by atoms with Crippen LogP contribution in [0.15, 0.2) is 22.7 Å². The number of hydrogen-bond acceptors (Lipinski definition) is 5. The number of amides is 1. The van der Waals surface area contributed by atoms with Gasteiger partial charge in [0.05, 0.1) is 10.6 Å². The molecule has 2 heterocycles. The van der Waals surface area contributed by atoms with Crippen LogP contribution in [0.1, 0.15) is 45.4 Å². The van der Waals surface area contributed by atoms with Gasteiger partial charge in [0.25, 0.3) is 0 Å². The fourth-order valence-electron chi connectivity index (χ4n) is 6.24. The molecule has 0 unspecified atom stereocenters. The van der Waals surface area contributed by atoms with E-state index in [1.54, 1.807) is 11.3 Å². The largest absolute Gasteiger partial charge is 0.355 e. The van der Waals surface area contributed by atoms with Crippen LogP contribution in [-0.4, -0.2) is 33.0 Å². The van der Waals surface area contributed by atoms with Gasteiger partial charge in [-0.2, -0.15) is 0 Å². The number of hydrogen-bond donors (Lipinski definition) is 1. The lowest BCUT2D eigenvalue weighted by atomic mass is 9.49. The predicted octanol–water partition coefficient (Wildman–Crippen LogP) is 4.45. The molecule has 28 heavy (non-hydrogen) atoms. The number of nitrogens with one attached hydrogen (secondary N) is 1. The van der Waals surface area contributed by atoms with Crippen LogP contribution in [0.4, 0.5) is 0 Å². The molecule has 0 spiro atoms. The normalized spacial score (nSPS) is 30.7. The maximum atomic E-state index is 12.6. The topological polar surface area (TPSA) is 59.8 Å². The van der Waals surface area contributed by atoms with Crippen molar-refractivity contribution in [3.8, 4) is 10.7 Å². The molecule has 4 saturated carbocycles. The highest BCUT2D eigenvalue weighted by Gasteiger charge is 2.50.